The van der Waals surface area contributed by atoms with Gasteiger partial charge in [-0.05, 0) is 54.0 Å². The Labute approximate surface area is 131 Å². The molecule has 2 aromatic rings. The summed E-state index contributed by atoms with van der Waals surface area (Å²) in [4.78, 5) is 2.55. The lowest BCUT2D eigenvalue weighted by molar-refractivity contribution is 0.267. The monoisotopic (exact) mass is 355 g/mol. The van der Waals surface area contributed by atoms with Gasteiger partial charge in [0.2, 0.25) is 0 Å². The summed E-state index contributed by atoms with van der Waals surface area (Å²) in [5, 5.41) is 12.8. The van der Waals surface area contributed by atoms with Gasteiger partial charge >= 0.3 is 0 Å². The molecule has 108 valence electrons. The molecule has 0 unspecified atom stereocenters. The fourth-order valence-corrected chi connectivity index (χ4v) is 3.44. The summed E-state index contributed by atoms with van der Waals surface area (Å²) in [7, 11) is 0. The maximum absolute atomic E-state index is 9.38. The predicted molar refractivity (Wildman–Crippen MR) is 87.6 cm³/mol. The predicted octanol–water partition coefficient (Wildman–Crippen LogP) is 4.32. The molecule has 0 aliphatic carbocycles. The van der Waals surface area contributed by atoms with Gasteiger partial charge in [0.05, 0.1) is 13.2 Å². The minimum Gasteiger partial charge on any atom is -0.494 e. The first-order valence-corrected chi connectivity index (χ1v) is 8.10. The van der Waals surface area contributed by atoms with Gasteiger partial charge in [-0.2, -0.15) is 0 Å². The number of thiophene rings is 1. The highest BCUT2D eigenvalue weighted by atomic mass is 79.9. The Balaban J connectivity index is 2.06. The van der Waals surface area contributed by atoms with Crippen molar-refractivity contribution in [3.05, 3.63) is 44.1 Å². The van der Waals surface area contributed by atoms with E-state index in [2.05, 4.69) is 34.2 Å². The Morgan fingerprint density at radius 1 is 1.35 bits per heavy atom. The van der Waals surface area contributed by atoms with Crippen molar-refractivity contribution in [2.45, 2.75) is 27.0 Å². The molecule has 0 bridgehead atoms. The van der Waals surface area contributed by atoms with Crippen LogP contribution in [0, 0.1) is 6.92 Å². The molecule has 1 aromatic carbocycles. The Morgan fingerprint density at radius 2 is 2.15 bits per heavy atom. The number of benzene rings is 1. The van der Waals surface area contributed by atoms with Crippen molar-refractivity contribution in [2.75, 3.05) is 11.9 Å². The molecule has 0 aliphatic rings. The van der Waals surface area contributed by atoms with Gasteiger partial charge in [0.1, 0.15) is 5.75 Å². The molecule has 0 amide bonds. The van der Waals surface area contributed by atoms with E-state index in [0.29, 0.717) is 6.61 Å². The maximum Gasteiger partial charge on any atom is 0.124 e. The first-order chi connectivity index (χ1) is 9.63. The van der Waals surface area contributed by atoms with Crippen LogP contribution in [0.15, 0.2) is 28.7 Å². The fraction of sp³-hybridized carbons (Fsp3) is 0.333. The van der Waals surface area contributed by atoms with Crippen molar-refractivity contribution in [3.63, 3.8) is 0 Å². The number of aliphatic hydroxyl groups is 1. The van der Waals surface area contributed by atoms with Crippen LogP contribution in [0.4, 0.5) is 5.69 Å². The van der Waals surface area contributed by atoms with E-state index in [0.717, 1.165) is 28.0 Å². The molecule has 0 aliphatic heterocycles. The third kappa shape index (κ3) is 3.75. The third-order valence-electron chi connectivity index (χ3n) is 2.91. The molecule has 3 nitrogen and oxygen atoms in total. The molecular weight excluding hydrogens is 338 g/mol. The zero-order valence-corrected chi connectivity index (χ0v) is 14.0. The molecule has 2 rings (SSSR count). The number of anilines is 1. The minimum atomic E-state index is -0.0193. The van der Waals surface area contributed by atoms with Crippen LogP contribution < -0.4 is 10.1 Å². The van der Waals surface area contributed by atoms with Crippen LogP contribution in [0.5, 0.6) is 5.75 Å². The second-order valence-electron chi connectivity index (χ2n) is 4.38. The normalized spacial score (nSPS) is 10.6. The number of hydrogen-bond acceptors (Lipinski definition) is 4. The zero-order chi connectivity index (χ0) is 14.5. The number of ether oxygens (including phenoxy) is 1. The van der Waals surface area contributed by atoms with Crippen LogP contribution in [-0.2, 0) is 13.2 Å². The largest absolute Gasteiger partial charge is 0.494 e. The van der Waals surface area contributed by atoms with E-state index < -0.39 is 0 Å². The Morgan fingerprint density at radius 3 is 2.75 bits per heavy atom. The molecule has 2 N–H and O–H groups in total. The summed E-state index contributed by atoms with van der Waals surface area (Å²) < 4.78 is 6.63. The van der Waals surface area contributed by atoms with Crippen LogP contribution in [0.1, 0.15) is 22.2 Å². The van der Waals surface area contributed by atoms with Crippen LogP contribution in [0.25, 0.3) is 0 Å². The van der Waals surface area contributed by atoms with Crippen molar-refractivity contribution in [1.29, 1.82) is 0 Å². The van der Waals surface area contributed by atoms with Gasteiger partial charge in [-0.15, -0.1) is 11.3 Å². The smallest absolute Gasteiger partial charge is 0.124 e. The Hall–Kier alpha value is -1.04. The standard InChI is InChI=1S/C15H18BrNO2S/c1-3-19-15-5-4-12(6-11(15)9-18)17-8-13-7-14(16)10(2)20-13/h4-7,17-18H,3,8-9H2,1-2H3. The second-order valence-corrected chi connectivity index (χ2v) is 6.58. The molecule has 0 spiro atoms. The van der Waals surface area contributed by atoms with Gasteiger partial charge < -0.3 is 15.2 Å². The van der Waals surface area contributed by atoms with Gasteiger partial charge in [0, 0.05) is 32.0 Å². The molecule has 0 radical (unpaired) electrons. The minimum absolute atomic E-state index is 0.0193. The van der Waals surface area contributed by atoms with Gasteiger partial charge in [0.25, 0.3) is 0 Å². The van der Waals surface area contributed by atoms with Crippen molar-refractivity contribution < 1.29 is 9.84 Å². The molecular formula is C15H18BrNO2S. The molecule has 1 heterocycles. The summed E-state index contributed by atoms with van der Waals surface area (Å²) >= 11 is 5.30. The number of hydrogen-bond donors (Lipinski definition) is 2. The molecule has 1 aromatic heterocycles. The second kappa shape index (κ2) is 7.11. The van der Waals surface area contributed by atoms with Crippen molar-refractivity contribution in [2.24, 2.45) is 0 Å². The van der Waals surface area contributed by atoms with Gasteiger partial charge in [-0.25, -0.2) is 0 Å². The highest BCUT2D eigenvalue weighted by molar-refractivity contribution is 9.10. The number of aliphatic hydroxyl groups excluding tert-OH is 1. The van der Waals surface area contributed by atoms with E-state index in [4.69, 9.17) is 4.74 Å². The lowest BCUT2D eigenvalue weighted by Crippen LogP contribution is -2.01. The SMILES string of the molecule is CCOc1ccc(NCc2cc(Br)c(C)s2)cc1CO. The van der Waals surface area contributed by atoms with Crippen molar-refractivity contribution >= 4 is 33.0 Å². The molecule has 0 saturated carbocycles. The molecule has 5 heteroatoms. The van der Waals surface area contributed by atoms with Crippen LogP contribution in [-0.4, -0.2) is 11.7 Å². The quantitative estimate of drug-likeness (QED) is 0.810. The maximum atomic E-state index is 9.38. The van der Waals surface area contributed by atoms with Crippen molar-refractivity contribution in [3.8, 4) is 5.75 Å². The van der Waals surface area contributed by atoms with E-state index in [9.17, 15) is 5.11 Å². The number of rotatable bonds is 6. The first kappa shape index (κ1) is 15.4. The van der Waals surface area contributed by atoms with Gasteiger partial charge in [0.15, 0.2) is 0 Å². The van der Waals surface area contributed by atoms with E-state index in [1.54, 1.807) is 11.3 Å². The Kier molecular flexibility index (Phi) is 5.46. The van der Waals surface area contributed by atoms with Gasteiger partial charge in [-0.3, -0.25) is 0 Å². The van der Waals surface area contributed by atoms with E-state index >= 15 is 0 Å². The summed E-state index contributed by atoms with van der Waals surface area (Å²) in [5.74, 6) is 0.746. The summed E-state index contributed by atoms with van der Waals surface area (Å²) in [6.07, 6.45) is 0. The highest BCUT2D eigenvalue weighted by Gasteiger charge is 2.06. The lowest BCUT2D eigenvalue weighted by Gasteiger charge is -2.11. The topological polar surface area (TPSA) is 41.5 Å². The lowest BCUT2D eigenvalue weighted by atomic mass is 10.2. The van der Waals surface area contributed by atoms with Crippen LogP contribution >= 0.6 is 27.3 Å². The first-order valence-electron chi connectivity index (χ1n) is 6.49. The molecule has 0 saturated heterocycles. The average molecular weight is 356 g/mol. The van der Waals surface area contributed by atoms with E-state index in [-0.39, 0.29) is 6.61 Å². The fourth-order valence-electron chi connectivity index (χ4n) is 1.90. The van der Waals surface area contributed by atoms with E-state index in [1.165, 1.54) is 9.75 Å². The summed E-state index contributed by atoms with van der Waals surface area (Å²) in [5.41, 5.74) is 1.79. The van der Waals surface area contributed by atoms with Crippen LogP contribution in [0.3, 0.4) is 0 Å². The number of nitrogens with one attached hydrogen (secondary N) is 1. The number of aryl methyl sites for hydroxylation is 1. The van der Waals surface area contributed by atoms with Crippen molar-refractivity contribution in [1.82, 2.24) is 0 Å². The highest BCUT2D eigenvalue weighted by Crippen LogP contribution is 2.28. The molecule has 0 atom stereocenters. The zero-order valence-electron chi connectivity index (χ0n) is 11.6. The molecule has 0 fully saturated rings. The average Bonchev–Trinajstić information content (AvgIpc) is 2.77. The molecule has 20 heavy (non-hydrogen) atoms. The summed E-state index contributed by atoms with van der Waals surface area (Å²) in [6, 6.07) is 7.93. The van der Waals surface area contributed by atoms with Gasteiger partial charge in [-0.1, -0.05) is 0 Å². The van der Waals surface area contributed by atoms with Crippen LogP contribution in [0.2, 0.25) is 0 Å². The number of halogens is 1. The third-order valence-corrected chi connectivity index (χ3v) is 5.04. The van der Waals surface area contributed by atoms with E-state index in [1.807, 2.05) is 25.1 Å². The Bertz CT molecular complexity index is 564. The summed E-state index contributed by atoms with van der Waals surface area (Å²) in [6.45, 7) is 5.38.